The van der Waals surface area contributed by atoms with E-state index in [9.17, 15) is 18.7 Å². The molecule has 0 saturated carbocycles. The van der Waals surface area contributed by atoms with E-state index in [1.807, 2.05) is 0 Å². The molecule has 0 radical (unpaired) electrons. The standard InChI is InChI=1S/C12H16F2N2O2/c1-15-11(18)5-6-16-7-10(17)12-8(13)3-2-4-9(12)14/h2-4,10,16-17H,5-7H2,1H3,(H,15,18). The van der Waals surface area contributed by atoms with Gasteiger partial charge in [-0.15, -0.1) is 0 Å². The Balaban J connectivity index is 2.46. The lowest BCUT2D eigenvalue weighted by Gasteiger charge is -2.13. The summed E-state index contributed by atoms with van der Waals surface area (Å²) in [6.45, 7) is 0.307. The van der Waals surface area contributed by atoms with Gasteiger partial charge in [0, 0.05) is 26.6 Å². The topological polar surface area (TPSA) is 61.4 Å². The number of nitrogens with one attached hydrogen (secondary N) is 2. The molecule has 1 amide bonds. The Bertz CT molecular complexity index is 393. The van der Waals surface area contributed by atoms with Crippen LogP contribution in [0.15, 0.2) is 18.2 Å². The molecule has 18 heavy (non-hydrogen) atoms. The summed E-state index contributed by atoms with van der Waals surface area (Å²) in [5.41, 5.74) is -0.357. The molecule has 1 atom stereocenters. The number of carbonyl (C=O) groups excluding carboxylic acids is 1. The first kappa shape index (κ1) is 14.5. The zero-order chi connectivity index (χ0) is 13.5. The maximum atomic E-state index is 13.3. The van der Waals surface area contributed by atoms with Crippen molar-refractivity contribution in [1.82, 2.24) is 10.6 Å². The van der Waals surface area contributed by atoms with Crippen molar-refractivity contribution in [1.29, 1.82) is 0 Å². The molecule has 0 spiro atoms. The van der Waals surface area contributed by atoms with Gasteiger partial charge in [0.25, 0.3) is 0 Å². The lowest BCUT2D eigenvalue weighted by Crippen LogP contribution is -2.28. The van der Waals surface area contributed by atoms with Gasteiger partial charge in [-0.2, -0.15) is 0 Å². The van der Waals surface area contributed by atoms with Gasteiger partial charge < -0.3 is 15.7 Å². The van der Waals surface area contributed by atoms with Crippen LogP contribution in [0.2, 0.25) is 0 Å². The van der Waals surface area contributed by atoms with Gasteiger partial charge >= 0.3 is 0 Å². The predicted octanol–water partition coefficient (Wildman–Crippen LogP) is 0.724. The molecule has 0 heterocycles. The van der Waals surface area contributed by atoms with Gasteiger partial charge in [-0.3, -0.25) is 4.79 Å². The van der Waals surface area contributed by atoms with E-state index in [-0.39, 0.29) is 24.4 Å². The Hall–Kier alpha value is -1.53. The fourth-order valence-corrected chi connectivity index (χ4v) is 1.50. The van der Waals surface area contributed by atoms with Crippen LogP contribution in [0, 0.1) is 11.6 Å². The van der Waals surface area contributed by atoms with Crippen LogP contribution in [0.25, 0.3) is 0 Å². The van der Waals surface area contributed by atoms with Gasteiger partial charge in [0.2, 0.25) is 5.91 Å². The summed E-state index contributed by atoms with van der Waals surface area (Å²) in [4.78, 5) is 10.9. The van der Waals surface area contributed by atoms with Gasteiger partial charge in [-0.25, -0.2) is 8.78 Å². The average Bonchev–Trinajstić information content (AvgIpc) is 2.34. The molecule has 4 nitrogen and oxygen atoms in total. The number of amides is 1. The van der Waals surface area contributed by atoms with E-state index in [2.05, 4.69) is 10.6 Å². The fraction of sp³-hybridized carbons (Fsp3) is 0.417. The van der Waals surface area contributed by atoms with Crippen molar-refractivity contribution in [3.05, 3.63) is 35.4 Å². The van der Waals surface area contributed by atoms with Crippen LogP contribution >= 0.6 is 0 Å². The van der Waals surface area contributed by atoms with E-state index in [4.69, 9.17) is 0 Å². The van der Waals surface area contributed by atoms with Gasteiger partial charge in [0.15, 0.2) is 0 Å². The van der Waals surface area contributed by atoms with Crippen LogP contribution in [0.4, 0.5) is 8.78 Å². The molecule has 0 saturated heterocycles. The molecule has 0 aliphatic heterocycles. The molecule has 3 N–H and O–H groups in total. The maximum Gasteiger partial charge on any atom is 0.221 e. The zero-order valence-electron chi connectivity index (χ0n) is 10.0. The van der Waals surface area contributed by atoms with Crippen LogP contribution in [0.3, 0.4) is 0 Å². The highest BCUT2D eigenvalue weighted by molar-refractivity contribution is 5.75. The number of halogens is 2. The highest BCUT2D eigenvalue weighted by Crippen LogP contribution is 2.19. The molecule has 1 aromatic carbocycles. The van der Waals surface area contributed by atoms with Crippen molar-refractivity contribution >= 4 is 5.91 Å². The summed E-state index contributed by atoms with van der Waals surface area (Å²) in [6.07, 6.45) is -1.04. The SMILES string of the molecule is CNC(=O)CCNCC(O)c1c(F)cccc1F. The van der Waals surface area contributed by atoms with Crippen LogP contribution in [-0.2, 0) is 4.79 Å². The van der Waals surface area contributed by atoms with E-state index in [1.54, 1.807) is 0 Å². The average molecular weight is 258 g/mol. The van der Waals surface area contributed by atoms with E-state index >= 15 is 0 Å². The molecule has 1 rings (SSSR count). The molecule has 1 unspecified atom stereocenters. The maximum absolute atomic E-state index is 13.3. The number of carbonyl (C=O) groups is 1. The van der Waals surface area contributed by atoms with Crippen molar-refractivity contribution in [2.75, 3.05) is 20.1 Å². The third-order valence-corrected chi connectivity index (χ3v) is 2.48. The molecule has 0 aliphatic carbocycles. The smallest absolute Gasteiger partial charge is 0.221 e. The summed E-state index contributed by atoms with van der Waals surface area (Å²) in [5.74, 6) is -1.71. The number of hydrogen-bond acceptors (Lipinski definition) is 3. The summed E-state index contributed by atoms with van der Waals surface area (Å²) >= 11 is 0. The van der Waals surface area contributed by atoms with Crippen molar-refractivity contribution in [3.8, 4) is 0 Å². The molecule has 0 aliphatic rings. The largest absolute Gasteiger partial charge is 0.387 e. The number of aliphatic hydroxyl groups is 1. The molecule has 0 bridgehead atoms. The third kappa shape index (κ3) is 4.05. The van der Waals surface area contributed by atoms with Crippen LogP contribution in [0.5, 0.6) is 0 Å². The molecule has 100 valence electrons. The first-order valence-electron chi connectivity index (χ1n) is 5.59. The zero-order valence-corrected chi connectivity index (χ0v) is 10.0. The minimum absolute atomic E-state index is 0.0190. The Morgan fingerprint density at radius 3 is 2.56 bits per heavy atom. The summed E-state index contributed by atoms with van der Waals surface area (Å²) in [5, 5.41) is 14.9. The highest BCUT2D eigenvalue weighted by atomic mass is 19.1. The van der Waals surface area contributed by atoms with Crippen LogP contribution in [0.1, 0.15) is 18.1 Å². The van der Waals surface area contributed by atoms with E-state index in [0.717, 1.165) is 12.1 Å². The second kappa shape index (κ2) is 7.03. The van der Waals surface area contributed by atoms with Crippen LogP contribution in [-0.4, -0.2) is 31.2 Å². The second-order valence-electron chi connectivity index (χ2n) is 3.78. The number of hydrogen-bond donors (Lipinski definition) is 3. The lowest BCUT2D eigenvalue weighted by atomic mass is 10.1. The van der Waals surface area contributed by atoms with Crippen molar-refractivity contribution in [2.45, 2.75) is 12.5 Å². The van der Waals surface area contributed by atoms with E-state index in [1.165, 1.54) is 13.1 Å². The van der Waals surface area contributed by atoms with Crippen molar-refractivity contribution in [3.63, 3.8) is 0 Å². The predicted molar refractivity (Wildman–Crippen MR) is 62.9 cm³/mol. The Labute approximate surface area is 104 Å². The normalized spacial score (nSPS) is 12.2. The van der Waals surface area contributed by atoms with Gasteiger partial charge in [0.05, 0.1) is 11.7 Å². The Morgan fingerprint density at radius 1 is 1.39 bits per heavy atom. The summed E-state index contributed by atoms with van der Waals surface area (Å²) in [6, 6.07) is 3.41. The van der Waals surface area contributed by atoms with Crippen molar-refractivity contribution < 1.29 is 18.7 Å². The van der Waals surface area contributed by atoms with Crippen molar-refractivity contribution in [2.24, 2.45) is 0 Å². The third-order valence-electron chi connectivity index (χ3n) is 2.48. The van der Waals surface area contributed by atoms with E-state index < -0.39 is 17.7 Å². The monoisotopic (exact) mass is 258 g/mol. The first-order chi connectivity index (χ1) is 8.56. The second-order valence-corrected chi connectivity index (χ2v) is 3.78. The molecule has 0 aromatic heterocycles. The number of rotatable bonds is 6. The molecule has 6 heteroatoms. The lowest BCUT2D eigenvalue weighted by molar-refractivity contribution is -0.120. The van der Waals surface area contributed by atoms with Gasteiger partial charge in [-0.1, -0.05) is 6.07 Å². The number of aliphatic hydroxyl groups excluding tert-OH is 1. The molecule has 1 aromatic rings. The number of benzene rings is 1. The Kier molecular flexibility index (Phi) is 5.67. The van der Waals surface area contributed by atoms with Gasteiger partial charge in [0.1, 0.15) is 11.6 Å². The molecule has 0 fully saturated rings. The highest BCUT2D eigenvalue weighted by Gasteiger charge is 2.17. The van der Waals surface area contributed by atoms with Crippen LogP contribution < -0.4 is 10.6 Å². The summed E-state index contributed by atoms with van der Waals surface area (Å²) in [7, 11) is 1.52. The fourth-order valence-electron chi connectivity index (χ4n) is 1.50. The Morgan fingerprint density at radius 2 is 2.00 bits per heavy atom. The van der Waals surface area contributed by atoms with Gasteiger partial charge in [-0.05, 0) is 12.1 Å². The summed E-state index contributed by atoms with van der Waals surface area (Å²) < 4.78 is 26.6. The van der Waals surface area contributed by atoms with E-state index in [0.29, 0.717) is 6.54 Å². The minimum Gasteiger partial charge on any atom is -0.387 e. The first-order valence-corrected chi connectivity index (χ1v) is 5.59. The molecular weight excluding hydrogens is 242 g/mol. The minimum atomic E-state index is -1.28. The quantitative estimate of drug-likeness (QED) is 0.659. The molecular formula is C12H16F2N2O2.